The Labute approximate surface area is 109 Å². The lowest BCUT2D eigenvalue weighted by molar-refractivity contribution is 0.338. The van der Waals surface area contributed by atoms with Gasteiger partial charge in [0.2, 0.25) is 0 Å². The summed E-state index contributed by atoms with van der Waals surface area (Å²) in [5.41, 5.74) is 6.34. The van der Waals surface area contributed by atoms with Crippen LogP contribution in [0, 0.1) is 5.82 Å². The topological polar surface area (TPSA) is 29.3 Å². The highest BCUT2D eigenvalue weighted by Crippen LogP contribution is 2.32. The third-order valence-electron chi connectivity index (χ3n) is 3.23. The number of hydrogen-bond donors (Lipinski definition) is 1. The summed E-state index contributed by atoms with van der Waals surface area (Å²) in [5.74, 6) is -0.226. The van der Waals surface area contributed by atoms with Crippen molar-refractivity contribution in [1.29, 1.82) is 0 Å². The number of rotatable bonds is 3. The van der Waals surface area contributed by atoms with Gasteiger partial charge in [0.1, 0.15) is 5.82 Å². The molecule has 1 aliphatic rings. The first-order chi connectivity index (χ1) is 8.05. The highest BCUT2D eigenvalue weighted by Gasteiger charge is 2.37. The van der Waals surface area contributed by atoms with Crippen molar-refractivity contribution in [3.63, 3.8) is 0 Å². The van der Waals surface area contributed by atoms with E-state index in [1.54, 1.807) is 12.1 Å². The van der Waals surface area contributed by atoms with Crippen LogP contribution in [0.3, 0.4) is 0 Å². The Bertz CT molecular complexity index is 435. The van der Waals surface area contributed by atoms with Gasteiger partial charge in [-0.15, -0.1) is 6.58 Å². The maximum atomic E-state index is 13.8. The number of nitrogens with two attached hydrogens (primary N) is 1. The number of likely N-dealkylation sites (tertiary alicyclic amines) is 1. The summed E-state index contributed by atoms with van der Waals surface area (Å²) in [6.45, 7) is 6.07. The molecule has 2 N–H and O–H groups in total. The van der Waals surface area contributed by atoms with Crippen molar-refractivity contribution in [1.82, 2.24) is 4.90 Å². The molecule has 0 spiro atoms. The zero-order valence-electron chi connectivity index (χ0n) is 9.63. The third kappa shape index (κ3) is 2.59. The fourth-order valence-corrected chi connectivity index (χ4v) is 2.71. The second kappa shape index (κ2) is 4.88. The number of halogens is 2. The SMILES string of the molecule is C=CCN1CCC(N)(c2cc(Br)ccc2F)C1. The average molecular weight is 299 g/mol. The summed E-state index contributed by atoms with van der Waals surface area (Å²) in [5, 5.41) is 0. The molecule has 0 saturated carbocycles. The van der Waals surface area contributed by atoms with Crippen LogP contribution >= 0.6 is 15.9 Å². The Balaban J connectivity index is 2.27. The predicted octanol–water partition coefficient (Wildman–Crippen LogP) is 2.63. The van der Waals surface area contributed by atoms with E-state index in [9.17, 15) is 4.39 Å². The molecule has 1 atom stereocenters. The van der Waals surface area contributed by atoms with Crippen molar-refractivity contribution in [2.45, 2.75) is 12.0 Å². The summed E-state index contributed by atoms with van der Waals surface area (Å²) >= 11 is 3.36. The van der Waals surface area contributed by atoms with Gasteiger partial charge in [0, 0.05) is 29.7 Å². The van der Waals surface area contributed by atoms with Crippen molar-refractivity contribution >= 4 is 15.9 Å². The van der Waals surface area contributed by atoms with E-state index in [2.05, 4.69) is 27.4 Å². The van der Waals surface area contributed by atoms with Gasteiger partial charge >= 0.3 is 0 Å². The van der Waals surface area contributed by atoms with E-state index in [0.29, 0.717) is 12.1 Å². The molecule has 17 heavy (non-hydrogen) atoms. The lowest BCUT2D eigenvalue weighted by atomic mass is 9.90. The van der Waals surface area contributed by atoms with Crippen LogP contribution in [0.1, 0.15) is 12.0 Å². The van der Waals surface area contributed by atoms with Gasteiger partial charge in [-0.1, -0.05) is 22.0 Å². The minimum atomic E-state index is -0.586. The van der Waals surface area contributed by atoms with Gasteiger partial charge < -0.3 is 5.73 Å². The highest BCUT2D eigenvalue weighted by molar-refractivity contribution is 9.10. The van der Waals surface area contributed by atoms with Crippen molar-refractivity contribution in [3.8, 4) is 0 Å². The minimum Gasteiger partial charge on any atom is -0.320 e. The van der Waals surface area contributed by atoms with Crippen LogP contribution in [0.4, 0.5) is 4.39 Å². The van der Waals surface area contributed by atoms with Gasteiger partial charge in [-0.3, -0.25) is 4.90 Å². The first-order valence-electron chi connectivity index (χ1n) is 5.63. The normalized spacial score (nSPS) is 25.1. The van der Waals surface area contributed by atoms with E-state index in [0.717, 1.165) is 24.0 Å². The van der Waals surface area contributed by atoms with Crippen LogP contribution < -0.4 is 5.73 Å². The first kappa shape index (κ1) is 12.7. The maximum absolute atomic E-state index is 13.8. The van der Waals surface area contributed by atoms with Gasteiger partial charge in [-0.05, 0) is 24.6 Å². The molecule has 0 aromatic heterocycles. The summed E-state index contributed by atoms with van der Waals surface area (Å²) in [6.07, 6.45) is 2.62. The molecule has 1 aromatic carbocycles. The van der Waals surface area contributed by atoms with Crippen LogP contribution in [0.5, 0.6) is 0 Å². The lowest BCUT2D eigenvalue weighted by Crippen LogP contribution is -2.40. The Morgan fingerprint density at radius 2 is 2.35 bits per heavy atom. The number of nitrogens with zero attached hydrogens (tertiary/aromatic N) is 1. The van der Waals surface area contributed by atoms with Crippen molar-refractivity contribution < 1.29 is 4.39 Å². The van der Waals surface area contributed by atoms with Gasteiger partial charge in [0.15, 0.2) is 0 Å². The van der Waals surface area contributed by atoms with E-state index >= 15 is 0 Å². The molecule has 0 bridgehead atoms. The molecule has 0 amide bonds. The first-order valence-corrected chi connectivity index (χ1v) is 6.42. The standard InChI is InChI=1S/C13H16BrFN2/c1-2-6-17-7-5-13(16,9-17)11-8-10(14)3-4-12(11)15/h2-4,8H,1,5-7,9,16H2. The fourth-order valence-electron chi connectivity index (χ4n) is 2.35. The van der Waals surface area contributed by atoms with E-state index < -0.39 is 5.54 Å². The Hall–Kier alpha value is -0.710. The summed E-state index contributed by atoms with van der Waals surface area (Å²) in [4.78, 5) is 2.19. The second-order valence-corrected chi connectivity index (χ2v) is 5.47. The summed E-state index contributed by atoms with van der Waals surface area (Å²) < 4.78 is 14.7. The monoisotopic (exact) mass is 298 g/mol. The minimum absolute atomic E-state index is 0.226. The molecule has 92 valence electrons. The molecular weight excluding hydrogens is 283 g/mol. The van der Waals surface area contributed by atoms with E-state index in [4.69, 9.17) is 5.73 Å². The predicted molar refractivity (Wildman–Crippen MR) is 71.2 cm³/mol. The van der Waals surface area contributed by atoms with E-state index in [1.165, 1.54) is 6.07 Å². The van der Waals surface area contributed by atoms with Crippen LogP contribution in [0.15, 0.2) is 35.3 Å². The molecule has 0 radical (unpaired) electrons. The molecule has 1 fully saturated rings. The molecule has 2 rings (SSSR count). The zero-order valence-corrected chi connectivity index (χ0v) is 11.2. The molecule has 2 nitrogen and oxygen atoms in total. The molecule has 0 aliphatic carbocycles. The van der Waals surface area contributed by atoms with E-state index in [-0.39, 0.29) is 5.82 Å². The second-order valence-electron chi connectivity index (χ2n) is 4.55. The van der Waals surface area contributed by atoms with Crippen LogP contribution in [0.2, 0.25) is 0 Å². The van der Waals surface area contributed by atoms with Crippen molar-refractivity contribution in [2.75, 3.05) is 19.6 Å². The maximum Gasteiger partial charge on any atom is 0.128 e. The fraction of sp³-hybridized carbons (Fsp3) is 0.385. The van der Waals surface area contributed by atoms with Gasteiger partial charge in [0.25, 0.3) is 0 Å². The molecule has 1 aliphatic heterocycles. The smallest absolute Gasteiger partial charge is 0.128 e. The number of benzene rings is 1. The van der Waals surface area contributed by atoms with Gasteiger partial charge in [-0.2, -0.15) is 0 Å². The Kier molecular flexibility index (Phi) is 3.66. The molecule has 1 saturated heterocycles. The summed E-state index contributed by atoms with van der Waals surface area (Å²) in [7, 11) is 0. The zero-order chi connectivity index (χ0) is 12.5. The van der Waals surface area contributed by atoms with Gasteiger partial charge in [0.05, 0.1) is 5.54 Å². The van der Waals surface area contributed by atoms with Gasteiger partial charge in [-0.25, -0.2) is 4.39 Å². The summed E-state index contributed by atoms with van der Waals surface area (Å²) in [6, 6.07) is 4.94. The molecule has 4 heteroatoms. The van der Waals surface area contributed by atoms with Crippen LogP contribution in [-0.4, -0.2) is 24.5 Å². The lowest BCUT2D eigenvalue weighted by Gasteiger charge is -2.25. The van der Waals surface area contributed by atoms with Crippen molar-refractivity contribution in [2.24, 2.45) is 5.73 Å². The van der Waals surface area contributed by atoms with Crippen molar-refractivity contribution in [3.05, 3.63) is 46.7 Å². The molecule has 1 unspecified atom stereocenters. The molecule has 1 aromatic rings. The quantitative estimate of drug-likeness (QED) is 0.869. The largest absolute Gasteiger partial charge is 0.320 e. The Morgan fingerprint density at radius 1 is 1.59 bits per heavy atom. The highest BCUT2D eigenvalue weighted by atomic mass is 79.9. The van der Waals surface area contributed by atoms with E-state index in [1.807, 2.05) is 6.08 Å². The van der Waals surface area contributed by atoms with Crippen LogP contribution in [0.25, 0.3) is 0 Å². The third-order valence-corrected chi connectivity index (χ3v) is 3.73. The molecule has 1 heterocycles. The Morgan fingerprint density at radius 3 is 3.06 bits per heavy atom. The number of hydrogen-bond acceptors (Lipinski definition) is 2. The van der Waals surface area contributed by atoms with Crippen LogP contribution in [-0.2, 0) is 5.54 Å². The average Bonchev–Trinajstić information content (AvgIpc) is 2.66. The molecular formula is C13H16BrFN2.